The summed E-state index contributed by atoms with van der Waals surface area (Å²) in [6.45, 7) is 0. The lowest BCUT2D eigenvalue weighted by Gasteiger charge is -2.10. The highest BCUT2D eigenvalue weighted by atomic mass is 35.5. The number of aromatic nitrogens is 1. The lowest BCUT2D eigenvalue weighted by Crippen LogP contribution is -2.03. The summed E-state index contributed by atoms with van der Waals surface area (Å²) in [5.74, 6) is 0. The van der Waals surface area contributed by atoms with Gasteiger partial charge in [0.05, 0.1) is 17.1 Å². The zero-order valence-corrected chi connectivity index (χ0v) is 7.87. The van der Waals surface area contributed by atoms with Crippen LogP contribution in [0.25, 0.3) is 0 Å². The van der Waals surface area contributed by atoms with Crippen molar-refractivity contribution in [2.75, 3.05) is 23.8 Å². The van der Waals surface area contributed by atoms with Crippen molar-refractivity contribution in [3.63, 3.8) is 0 Å². The van der Waals surface area contributed by atoms with Gasteiger partial charge in [0.25, 0.3) is 0 Å². The van der Waals surface area contributed by atoms with Gasteiger partial charge in [0.15, 0.2) is 10.3 Å². The molecule has 66 valence electrons. The van der Waals surface area contributed by atoms with Crippen molar-refractivity contribution in [2.24, 2.45) is 0 Å². The normalized spacial score (nSPS) is 9.92. The van der Waals surface area contributed by atoms with E-state index in [2.05, 4.69) is 10.3 Å². The predicted octanol–water partition coefficient (Wildman–Crippen LogP) is 1.59. The number of anilines is 3. The van der Waals surface area contributed by atoms with Crippen molar-refractivity contribution in [1.29, 1.82) is 0 Å². The predicted molar refractivity (Wildman–Crippen MR) is 52.6 cm³/mol. The Morgan fingerprint density at radius 3 is 1.92 bits per heavy atom. The Balaban J connectivity index is 3.42. The molecule has 1 rings (SSSR count). The average Bonchev–Trinajstić information content (AvgIpc) is 2.02. The zero-order chi connectivity index (χ0) is 9.30. The third-order valence-corrected chi connectivity index (χ3v) is 2.01. The molecule has 0 fully saturated rings. The molecule has 0 aliphatic heterocycles. The minimum atomic E-state index is 0.151. The fourth-order valence-corrected chi connectivity index (χ4v) is 1.23. The molecule has 0 aliphatic carbocycles. The number of hydrogen-bond donors (Lipinski definition) is 3. The van der Waals surface area contributed by atoms with E-state index >= 15 is 0 Å². The van der Waals surface area contributed by atoms with E-state index in [4.69, 9.17) is 34.7 Å². The van der Waals surface area contributed by atoms with Crippen molar-refractivity contribution in [3.05, 3.63) is 10.3 Å². The Bertz CT molecular complexity index is 287. The topological polar surface area (TPSA) is 77.0 Å². The number of nitrogens with two attached hydrogens (primary N) is 2. The smallest absolute Gasteiger partial charge is 0.155 e. The molecule has 4 nitrogen and oxygen atoms in total. The number of hydrogen-bond acceptors (Lipinski definition) is 4. The van der Waals surface area contributed by atoms with Crippen LogP contribution in [-0.2, 0) is 0 Å². The molecule has 0 aromatic carbocycles. The summed E-state index contributed by atoms with van der Waals surface area (Å²) in [5, 5.41) is 3.09. The molecule has 0 bridgehead atoms. The highest BCUT2D eigenvalue weighted by Gasteiger charge is 2.11. The van der Waals surface area contributed by atoms with E-state index in [1.54, 1.807) is 7.05 Å². The van der Waals surface area contributed by atoms with Gasteiger partial charge in [-0.05, 0) is 0 Å². The fourth-order valence-electron chi connectivity index (χ4n) is 0.827. The number of nitrogen functional groups attached to an aromatic ring is 2. The molecule has 0 aliphatic rings. The molecule has 0 radical (unpaired) electrons. The summed E-state index contributed by atoms with van der Waals surface area (Å²) in [6.07, 6.45) is 0. The van der Waals surface area contributed by atoms with Crippen molar-refractivity contribution < 1.29 is 0 Å². The van der Waals surface area contributed by atoms with E-state index < -0.39 is 0 Å². The van der Waals surface area contributed by atoms with E-state index in [9.17, 15) is 0 Å². The summed E-state index contributed by atoms with van der Waals surface area (Å²) in [5.41, 5.74) is 12.3. The largest absolute Gasteiger partial charge is 0.394 e. The summed E-state index contributed by atoms with van der Waals surface area (Å²) in [6, 6.07) is 0. The van der Waals surface area contributed by atoms with Crippen LogP contribution < -0.4 is 16.8 Å². The van der Waals surface area contributed by atoms with Gasteiger partial charge in [-0.2, -0.15) is 0 Å². The Hall–Kier alpha value is -0.870. The summed E-state index contributed by atoms with van der Waals surface area (Å²) in [4.78, 5) is 3.72. The van der Waals surface area contributed by atoms with Crippen molar-refractivity contribution >= 4 is 40.3 Å². The Kier molecular flexibility index (Phi) is 2.49. The quantitative estimate of drug-likeness (QED) is 0.611. The second-order valence-corrected chi connectivity index (χ2v) is 2.86. The van der Waals surface area contributed by atoms with Crippen LogP contribution in [0.1, 0.15) is 0 Å². The minimum Gasteiger partial charge on any atom is -0.394 e. The maximum absolute atomic E-state index is 5.65. The van der Waals surface area contributed by atoms with Crippen LogP contribution in [0.3, 0.4) is 0 Å². The second kappa shape index (κ2) is 3.25. The van der Waals surface area contributed by atoms with E-state index in [-0.39, 0.29) is 10.3 Å². The molecule has 0 atom stereocenters. The molecular formula is C6H8Cl2N4. The van der Waals surface area contributed by atoms with Gasteiger partial charge in [0.1, 0.15) is 0 Å². The Morgan fingerprint density at radius 2 is 1.58 bits per heavy atom. The van der Waals surface area contributed by atoms with Crippen molar-refractivity contribution in [3.8, 4) is 0 Å². The maximum Gasteiger partial charge on any atom is 0.155 e. The van der Waals surface area contributed by atoms with Crippen LogP contribution in [0.2, 0.25) is 10.3 Å². The molecule has 6 heteroatoms. The molecule has 1 aromatic heterocycles. The van der Waals surface area contributed by atoms with Crippen LogP contribution >= 0.6 is 23.2 Å². The van der Waals surface area contributed by atoms with Gasteiger partial charge in [-0.1, -0.05) is 23.2 Å². The molecule has 0 saturated heterocycles. The number of halogens is 2. The first-order valence-electron chi connectivity index (χ1n) is 3.15. The molecule has 0 saturated carbocycles. The third-order valence-electron chi connectivity index (χ3n) is 1.43. The molecule has 0 amide bonds. The average molecular weight is 207 g/mol. The highest BCUT2D eigenvalue weighted by Crippen LogP contribution is 2.35. The third kappa shape index (κ3) is 1.35. The number of nitrogens with zero attached hydrogens (tertiary/aromatic N) is 1. The van der Waals surface area contributed by atoms with Crippen LogP contribution in [-0.4, -0.2) is 12.0 Å². The van der Waals surface area contributed by atoms with Crippen LogP contribution in [0, 0.1) is 0 Å². The van der Waals surface area contributed by atoms with Crippen molar-refractivity contribution in [1.82, 2.24) is 4.98 Å². The first-order chi connectivity index (χ1) is 5.57. The lowest BCUT2D eigenvalue weighted by molar-refractivity contribution is 1.32. The van der Waals surface area contributed by atoms with Gasteiger partial charge >= 0.3 is 0 Å². The number of pyridine rings is 1. The van der Waals surface area contributed by atoms with Gasteiger partial charge in [-0.15, -0.1) is 0 Å². The molecule has 0 spiro atoms. The first kappa shape index (κ1) is 9.22. The molecular weight excluding hydrogens is 199 g/mol. The molecule has 1 heterocycles. The standard InChI is InChI=1S/C6H8Cl2N4/c1-11-4-2(9)5(7)12-6(8)3(4)10/h9-10H2,1H3,(H,11,12). The molecule has 1 aromatic rings. The zero-order valence-electron chi connectivity index (χ0n) is 6.36. The van der Waals surface area contributed by atoms with E-state index in [1.165, 1.54) is 0 Å². The van der Waals surface area contributed by atoms with Gasteiger partial charge in [-0.25, -0.2) is 4.98 Å². The second-order valence-electron chi connectivity index (χ2n) is 2.15. The monoisotopic (exact) mass is 206 g/mol. The highest BCUT2D eigenvalue weighted by molar-refractivity contribution is 6.36. The molecule has 12 heavy (non-hydrogen) atoms. The van der Waals surface area contributed by atoms with Gasteiger partial charge in [-0.3, -0.25) is 0 Å². The summed E-state index contributed by atoms with van der Waals surface area (Å²) >= 11 is 11.3. The van der Waals surface area contributed by atoms with E-state index in [0.29, 0.717) is 17.1 Å². The minimum absolute atomic E-state index is 0.151. The first-order valence-corrected chi connectivity index (χ1v) is 3.91. The Labute approximate surface area is 79.9 Å². The van der Waals surface area contributed by atoms with Gasteiger partial charge in [0, 0.05) is 7.05 Å². The SMILES string of the molecule is CNc1c(N)c(Cl)nc(Cl)c1N. The van der Waals surface area contributed by atoms with Gasteiger partial charge < -0.3 is 16.8 Å². The molecule has 0 unspecified atom stereocenters. The number of rotatable bonds is 1. The van der Waals surface area contributed by atoms with Crippen LogP contribution in [0.15, 0.2) is 0 Å². The van der Waals surface area contributed by atoms with Crippen LogP contribution in [0.4, 0.5) is 17.1 Å². The van der Waals surface area contributed by atoms with Crippen LogP contribution in [0.5, 0.6) is 0 Å². The summed E-state index contributed by atoms with van der Waals surface area (Å²) < 4.78 is 0. The fraction of sp³-hybridized carbons (Fsp3) is 0.167. The maximum atomic E-state index is 5.65. The van der Waals surface area contributed by atoms with E-state index in [0.717, 1.165) is 0 Å². The number of nitrogens with one attached hydrogen (secondary N) is 1. The van der Waals surface area contributed by atoms with Crippen molar-refractivity contribution in [2.45, 2.75) is 0 Å². The summed E-state index contributed by atoms with van der Waals surface area (Å²) in [7, 11) is 1.68. The van der Waals surface area contributed by atoms with Gasteiger partial charge in [0.2, 0.25) is 0 Å². The van der Waals surface area contributed by atoms with E-state index in [1.807, 2.05) is 0 Å². The molecule has 5 N–H and O–H groups in total. The Morgan fingerprint density at radius 1 is 1.17 bits per heavy atom. The lowest BCUT2D eigenvalue weighted by atomic mass is 10.3.